The number of hydrogen-bond acceptors (Lipinski definition) is 7. The van der Waals surface area contributed by atoms with Crippen LogP contribution in [0.1, 0.15) is 57.0 Å². The van der Waals surface area contributed by atoms with Crippen LogP contribution >= 0.6 is 0 Å². The van der Waals surface area contributed by atoms with Crippen molar-refractivity contribution < 1.29 is 17.9 Å². The van der Waals surface area contributed by atoms with E-state index in [1.165, 1.54) is 6.26 Å². The molecule has 1 aliphatic heterocycles. The lowest BCUT2D eigenvalue weighted by Crippen LogP contribution is -2.25. The summed E-state index contributed by atoms with van der Waals surface area (Å²) in [6, 6.07) is 7.11. The molecule has 0 unspecified atom stereocenters. The zero-order valence-electron chi connectivity index (χ0n) is 19.8. The van der Waals surface area contributed by atoms with Crippen LogP contribution in [0.3, 0.4) is 0 Å². The number of sulfone groups is 1. The molecule has 2 aromatic heterocycles. The first-order valence-corrected chi connectivity index (χ1v) is 13.3. The Hall–Kier alpha value is -2.98. The summed E-state index contributed by atoms with van der Waals surface area (Å²) < 4.78 is 33.1. The van der Waals surface area contributed by atoms with Crippen molar-refractivity contribution in [3.05, 3.63) is 41.9 Å². The number of nitrogens with one attached hydrogen (secondary N) is 2. The van der Waals surface area contributed by atoms with E-state index in [2.05, 4.69) is 20.7 Å². The second kappa shape index (κ2) is 8.06. The number of amides is 1. The molecule has 1 saturated carbocycles. The Bertz CT molecular complexity index is 1390. The number of aryl methyl sites for hydroxylation is 1. The van der Waals surface area contributed by atoms with E-state index in [0.717, 1.165) is 31.2 Å². The van der Waals surface area contributed by atoms with E-state index in [-0.39, 0.29) is 28.4 Å². The van der Waals surface area contributed by atoms with E-state index in [4.69, 9.17) is 4.74 Å². The Labute approximate surface area is 198 Å². The summed E-state index contributed by atoms with van der Waals surface area (Å²) in [5.74, 6) is 0.587. The van der Waals surface area contributed by atoms with E-state index in [1.54, 1.807) is 36.0 Å². The fourth-order valence-corrected chi connectivity index (χ4v) is 5.24. The topological polar surface area (TPSA) is 115 Å². The van der Waals surface area contributed by atoms with Crippen molar-refractivity contribution >= 4 is 38.3 Å². The third kappa shape index (κ3) is 4.39. The third-order valence-electron chi connectivity index (χ3n) is 6.40. The molecular weight excluding hydrogens is 454 g/mol. The van der Waals surface area contributed by atoms with Crippen LogP contribution in [0.4, 0.5) is 11.4 Å². The van der Waals surface area contributed by atoms with Gasteiger partial charge in [-0.1, -0.05) is 6.07 Å². The van der Waals surface area contributed by atoms with Gasteiger partial charge < -0.3 is 10.1 Å². The zero-order valence-corrected chi connectivity index (χ0v) is 20.6. The molecule has 3 heterocycles. The maximum absolute atomic E-state index is 12.7. The summed E-state index contributed by atoms with van der Waals surface area (Å²) in [5.41, 5.74) is 5.60. The van der Waals surface area contributed by atoms with Gasteiger partial charge in [0, 0.05) is 18.4 Å². The highest BCUT2D eigenvalue weighted by molar-refractivity contribution is 7.90. The van der Waals surface area contributed by atoms with Gasteiger partial charge in [-0.3, -0.25) is 10.2 Å². The van der Waals surface area contributed by atoms with Gasteiger partial charge in [-0.05, 0) is 70.2 Å². The summed E-state index contributed by atoms with van der Waals surface area (Å²) in [4.78, 5) is 21.5. The number of rotatable bonds is 6. The van der Waals surface area contributed by atoms with Gasteiger partial charge in [0.2, 0.25) is 5.91 Å². The monoisotopic (exact) mass is 483 g/mol. The van der Waals surface area contributed by atoms with Gasteiger partial charge in [-0.2, -0.15) is 0 Å². The highest BCUT2D eigenvalue weighted by Crippen LogP contribution is 2.40. The van der Waals surface area contributed by atoms with E-state index in [9.17, 15) is 13.2 Å². The van der Waals surface area contributed by atoms with Gasteiger partial charge in [0.1, 0.15) is 11.3 Å². The second-order valence-electron chi connectivity index (χ2n) is 9.83. The predicted molar refractivity (Wildman–Crippen MR) is 129 cm³/mol. The second-order valence-corrected chi connectivity index (χ2v) is 11.8. The van der Waals surface area contributed by atoms with E-state index in [1.807, 2.05) is 19.9 Å². The largest absolute Gasteiger partial charge is 0.368 e. The van der Waals surface area contributed by atoms with Crippen LogP contribution in [0, 0.1) is 12.8 Å². The number of benzene rings is 1. The number of aromatic nitrogens is 3. The number of carbonyl (C=O) groups excluding carboxylic acids is 1. The standard InChI is InChI=1S/C24H29N5O4S/c1-14-26-21-18(10-12-25-22(21)29(14)28-23(30)15-5-6-15)27-17-8-7-16(13-20(17)34(4,31)32)19-9-11-24(2,3)33-19/h7-8,10,12-13,15,19H,5-6,9,11H2,1-4H3,(H,25,27)(H,28,30)/t19-/m1/s1. The normalized spacial score (nSPS) is 19.9. The minimum atomic E-state index is -3.53. The molecule has 1 aromatic carbocycles. The quantitative estimate of drug-likeness (QED) is 0.544. The smallest absolute Gasteiger partial charge is 0.242 e. The van der Waals surface area contributed by atoms with Crippen LogP contribution in [0.15, 0.2) is 35.4 Å². The number of carbonyl (C=O) groups is 1. The minimum Gasteiger partial charge on any atom is -0.368 e. The van der Waals surface area contributed by atoms with Crippen molar-refractivity contribution in [2.24, 2.45) is 5.92 Å². The summed E-state index contributed by atoms with van der Waals surface area (Å²) in [5, 5.41) is 3.24. The Morgan fingerprint density at radius 2 is 1.94 bits per heavy atom. The van der Waals surface area contributed by atoms with Gasteiger partial charge in [0.15, 0.2) is 15.5 Å². The lowest BCUT2D eigenvalue weighted by atomic mass is 10.0. The molecule has 0 bridgehead atoms. The first kappa shape index (κ1) is 22.8. The summed E-state index contributed by atoms with van der Waals surface area (Å²) in [7, 11) is -3.53. The van der Waals surface area contributed by atoms with Crippen LogP contribution in [0.2, 0.25) is 0 Å². The Balaban J connectivity index is 1.50. The molecule has 1 saturated heterocycles. The molecule has 10 heteroatoms. The Morgan fingerprint density at radius 1 is 1.18 bits per heavy atom. The van der Waals surface area contributed by atoms with Gasteiger partial charge in [0.25, 0.3) is 0 Å². The fourth-order valence-electron chi connectivity index (χ4n) is 4.37. The van der Waals surface area contributed by atoms with Gasteiger partial charge in [0.05, 0.1) is 28.0 Å². The number of hydrogen-bond donors (Lipinski definition) is 2. The molecule has 1 atom stereocenters. The summed E-state index contributed by atoms with van der Waals surface area (Å²) >= 11 is 0. The van der Waals surface area contributed by atoms with Gasteiger partial charge in [-0.15, -0.1) is 0 Å². The molecule has 2 aliphatic rings. The van der Waals surface area contributed by atoms with Crippen molar-refractivity contribution in [1.82, 2.24) is 14.6 Å². The minimum absolute atomic E-state index is 0.0448. The maximum atomic E-state index is 12.7. The van der Waals surface area contributed by atoms with E-state index >= 15 is 0 Å². The average molecular weight is 484 g/mol. The van der Waals surface area contributed by atoms with E-state index in [0.29, 0.717) is 28.4 Å². The summed E-state index contributed by atoms with van der Waals surface area (Å²) in [6.07, 6.45) is 6.22. The third-order valence-corrected chi connectivity index (χ3v) is 7.54. The molecule has 9 nitrogen and oxygen atoms in total. The van der Waals surface area contributed by atoms with Gasteiger partial charge in [-0.25, -0.2) is 23.1 Å². The first-order valence-electron chi connectivity index (χ1n) is 11.5. The molecule has 1 aliphatic carbocycles. The number of pyridine rings is 1. The van der Waals surface area contributed by atoms with Crippen LogP contribution < -0.4 is 10.7 Å². The van der Waals surface area contributed by atoms with Crippen LogP contribution in [-0.4, -0.2) is 40.8 Å². The molecular formula is C24H29N5O4S. The molecule has 0 spiro atoms. The number of fused-ring (bicyclic) bond motifs is 1. The summed E-state index contributed by atoms with van der Waals surface area (Å²) in [6.45, 7) is 5.88. The van der Waals surface area contributed by atoms with Crippen LogP contribution in [0.5, 0.6) is 0 Å². The highest BCUT2D eigenvalue weighted by Gasteiger charge is 2.33. The molecule has 1 amide bonds. The molecule has 34 heavy (non-hydrogen) atoms. The average Bonchev–Trinajstić information content (AvgIpc) is 3.49. The zero-order chi connectivity index (χ0) is 24.3. The number of imidazole rings is 1. The van der Waals surface area contributed by atoms with Crippen molar-refractivity contribution in [2.45, 2.75) is 63.1 Å². The van der Waals surface area contributed by atoms with Crippen LogP contribution in [-0.2, 0) is 19.4 Å². The van der Waals surface area contributed by atoms with E-state index < -0.39 is 9.84 Å². The number of nitrogens with zero attached hydrogens (tertiary/aromatic N) is 3. The molecule has 0 radical (unpaired) electrons. The fraction of sp³-hybridized carbons (Fsp3) is 0.458. The molecule has 3 aromatic rings. The predicted octanol–water partition coefficient (Wildman–Crippen LogP) is 4.00. The molecule has 180 valence electrons. The van der Waals surface area contributed by atoms with Crippen LogP contribution in [0.25, 0.3) is 11.2 Å². The number of anilines is 2. The van der Waals surface area contributed by atoms with Crippen molar-refractivity contribution in [2.75, 3.05) is 17.0 Å². The first-order chi connectivity index (χ1) is 16.0. The Kier molecular flexibility index (Phi) is 5.40. The molecule has 2 N–H and O–H groups in total. The Morgan fingerprint density at radius 3 is 2.59 bits per heavy atom. The molecule has 2 fully saturated rings. The SMILES string of the molecule is Cc1nc2c(Nc3ccc([C@H]4CCC(C)(C)O4)cc3S(C)(=O)=O)ccnc2n1NC(=O)C1CC1. The van der Waals surface area contributed by atoms with Crippen molar-refractivity contribution in [1.29, 1.82) is 0 Å². The molecule has 5 rings (SSSR count). The maximum Gasteiger partial charge on any atom is 0.242 e. The lowest BCUT2D eigenvalue weighted by molar-refractivity contribution is -0.118. The highest BCUT2D eigenvalue weighted by atomic mass is 32.2. The van der Waals surface area contributed by atoms with Crippen molar-refractivity contribution in [3.63, 3.8) is 0 Å². The lowest BCUT2D eigenvalue weighted by Gasteiger charge is -2.20. The van der Waals surface area contributed by atoms with Crippen molar-refractivity contribution in [3.8, 4) is 0 Å². The number of ether oxygens (including phenoxy) is 1. The van der Waals surface area contributed by atoms with Gasteiger partial charge >= 0.3 is 0 Å².